The van der Waals surface area contributed by atoms with Crippen molar-refractivity contribution in [3.8, 4) is 0 Å². The summed E-state index contributed by atoms with van der Waals surface area (Å²) in [6.07, 6.45) is 0.558. The number of hydrogen-bond donors (Lipinski definition) is 1. The van der Waals surface area contributed by atoms with Crippen LogP contribution in [-0.2, 0) is 6.42 Å². The van der Waals surface area contributed by atoms with E-state index in [9.17, 15) is 8.78 Å². The Morgan fingerprint density at radius 1 is 1.11 bits per heavy atom. The van der Waals surface area contributed by atoms with Crippen LogP contribution in [0.1, 0.15) is 18.1 Å². The smallest absolute Gasteiger partial charge is 0.126 e. The van der Waals surface area contributed by atoms with Crippen LogP contribution in [0.3, 0.4) is 0 Å². The Morgan fingerprint density at radius 2 is 1.84 bits per heavy atom. The van der Waals surface area contributed by atoms with Gasteiger partial charge in [-0.1, -0.05) is 18.2 Å². The second-order valence-corrected chi connectivity index (χ2v) is 4.86. The van der Waals surface area contributed by atoms with Gasteiger partial charge >= 0.3 is 0 Å². The molecule has 1 unspecified atom stereocenters. The van der Waals surface area contributed by atoms with Crippen molar-refractivity contribution in [1.82, 2.24) is 0 Å². The summed E-state index contributed by atoms with van der Waals surface area (Å²) >= 11 is 0. The Morgan fingerprint density at radius 3 is 2.53 bits per heavy atom. The third-order valence-corrected chi connectivity index (χ3v) is 2.94. The maximum Gasteiger partial charge on any atom is 0.126 e. The van der Waals surface area contributed by atoms with Gasteiger partial charge in [-0.2, -0.15) is 0 Å². The van der Waals surface area contributed by atoms with E-state index < -0.39 is 0 Å². The quantitative estimate of drug-likeness (QED) is 0.864. The highest BCUT2D eigenvalue weighted by atomic mass is 19.1. The summed E-state index contributed by atoms with van der Waals surface area (Å²) in [5.74, 6) is -0.466. The van der Waals surface area contributed by atoms with E-state index in [1.165, 1.54) is 18.2 Å². The Labute approximate surface area is 112 Å². The second kappa shape index (κ2) is 5.83. The lowest BCUT2D eigenvalue weighted by atomic mass is 10.1. The largest absolute Gasteiger partial charge is 0.382 e. The molecule has 0 aliphatic carbocycles. The minimum atomic E-state index is -0.263. The van der Waals surface area contributed by atoms with E-state index in [0.717, 1.165) is 11.3 Å². The van der Waals surface area contributed by atoms with Crippen LogP contribution in [-0.4, -0.2) is 6.04 Å². The van der Waals surface area contributed by atoms with Crippen molar-refractivity contribution in [3.05, 3.63) is 65.2 Å². The molecule has 0 aliphatic rings. The van der Waals surface area contributed by atoms with E-state index in [-0.39, 0.29) is 17.7 Å². The zero-order valence-electron chi connectivity index (χ0n) is 11.1. The van der Waals surface area contributed by atoms with E-state index in [1.54, 1.807) is 12.1 Å². The lowest BCUT2D eigenvalue weighted by molar-refractivity contribution is 0.601. The molecule has 100 valence electrons. The lowest BCUT2D eigenvalue weighted by Gasteiger charge is -2.16. The summed E-state index contributed by atoms with van der Waals surface area (Å²) < 4.78 is 26.8. The molecule has 0 saturated carbocycles. The van der Waals surface area contributed by atoms with Gasteiger partial charge in [-0.15, -0.1) is 0 Å². The standard InChI is InChI=1S/C16H17F2N/c1-11-7-14(17)10-15(8-11)19-12(2)9-13-5-3-4-6-16(13)18/h3-8,10,12,19H,9H2,1-2H3. The first-order chi connectivity index (χ1) is 9.04. The summed E-state index contributed by atoms with van der Waals surface area (Å²) in [4.78, 5) is 0. The molecule has 0 aliphatic heterocycles. The summed E-state index contributed by atoms with van der Waals surface area (Å²) in [7, 11) is 0. The molecule has 0 radical (unpaired) electrons. The zero-order valence-corrected chi connectivity index (χ0v) is 11.1. The van der Waals surface area contributed by atoms with E-state index in [2.05, 4.69) is 5.32 Å². The minimum Gasteiger partial charge on any atom is -0.382 e. The molecule has 2 rings (SSSR count). The van der Waals surface area contributed by atoms with E-state index in [4.69, 9.17) is 0 Å². The van der Waals surface area contributed by atoms with Crippen LogP contribution >= 0.6 is 0 Å². The fraction of sp³-hybridized carbons (Fsp3) is 0.250. The Kier molecular flexibility index (Phi) is 4.15. The third kappa shape index (κ3) is 3.78. The van der Waals surface area contributed by atoms with Gasteiger partial charge in [0.2, 0.25) is 0 Å². The maximum absolute atomic E-state index is 13.5. The maximum atomic E-state index is 13.5. The van der Waals surface area contributed by atoms with Gasteiger partial charge in [-0.05, 0) is 55.7 Å². The fourth-order valence-electron chi connectivity index (χ4n) is 2.15. The van der Waals surface area contributed by atoms with Crippen molar-refractivity contribution in [2.45, 2.75) is 26.3 Å². The molecule has 1 N–H and O–H groups in total. The number of aryl methyl sites for hydroxylation is 1. The first-order valence-corrected chi connectivity index (χ1v) is 6.32. The molecule has 2 aromatic rings. The van der Waals surface area contributed by atoms with Gasteiger partial charge in [0.15, 0.2) is 0 Å². The van der Waals surface area contributed by atoms with Crippen molar-refractivity contribution in [3.63, 3.8) is 0 Å². The van der Waals surface area contributed by atoms with E-state index in [0.29, 0.717) is 12.0 Å². The Hall–Kier alpha value is -1.90. The highest BCUT2D eigenvalue weighted by molar-refractivity contribution is 5.47. The summed E-state index contributed by atoms with van der Waals surface area (Å²) in [5.41, 5.74) is 2.25. The molecule has 0 aromatic heterocycles. The number of rotatable bonds is 4. The molecule has 0 saturated heterocycles. The Balaban J connectivity index is 2.05. The van der Waals surface area contributed by atoms with Gasteiger partial charge < -0.3 is 5.32 Å². The van der Waals surface area contributed by atoms with Gasteiger partial charge in [0.05, 0.1) is 0 Å². The van der Waals surface area contributed by atoms with Gasteiger partial charge in [-0.25, -0.2) is 8.78 Å². The summed E-state index contributed by atoms with van der Waals surface area (Å²) in [6.45, 7) is 3.79. The van der Waals surface area contributed by atoms with Crippen LogP contribution < -0.4 is 5.32 Å². The van der Waals surface area contributed by atoms with Crippen LogP contribution in [0.5, 0.6) is 0 Å². The zero-order chi connectivity index (χ0) is 13.8. The third-order valence-electron chi connectivity index (χ3n) is 2.94. The lowest BCUT2D eigenvalue weighted by Crippen LogP contribution is -2.18. The Bertz CT molecular complexity index is 546. The molecule has 2 aromatic carbocycles. The van der Waals surface area contributed by atoms with Gasteiger partial charge in [0, 0.05) is 11.7 Å². The number of nitrogens with one attached hydrogen (secondary N) is 1. The number of anilines is 1. The molecule has 3 heteroatoms. The van der Waals surface area contributed by atoms with Crippen molar-refractivity contribution in [2.75, 3.05) is 5.32 Å². The average molecular weight is 261 g/mol. The molecule has 0 bridgehead atoms. The van der Waals surface area contributed by atoms with Crippen LogP contribution in [0.15, 0.2) is 42.5 Å². The molecule has 0 fully saturated rings. The molecule has 1 nitrogen and oxygen atoms in total. The van der Waals surface area contributed by atoms with E-state index in [1.807, 2.05) is 26.0 Å². The van der Waals surface area contributed by atoms with Gasteiger partial charge in [0.1, 0.15) is 11.6 Å². The van der Waals surface area contributed by atoms with Crippen LogP contribution in [0.25, 0.3) is 0 Å². The molecule has 0 amide bonds. The molecule has 0 spiro atoms. The predicted octanol–water partition coefficient (Wildman–Crippen LogP) is 4.32. The minimum absolute atomic E-state index is 0.0260. The highest BCUT2D eigenvalue weighted by Gasteiger charge is 2.08. The summed E-state index contributed by atoms with van der Waals surface area (Å²) in [5, 5.41) is 3.19. The normalized spacial score (nSPS) is 12.2. The second-order valence-electron chi connectivity index (χ2n) is 4.86. The van der Waals surface area contributed by atoms with Crippen molar-refractivity contribution in [2.24, 2.45) is 0 Å². The molecular formula is C16H17F2N. The SMILES string of the molecule is Cc1cc(F)cc(NC(C)Cc2ccccc2F)c1. The predicted molar refractivity (Wildman–Crippen MR) is 74.3 cm³/mol. The number of halogens is 2. The van der Waals surface area contributed by atoms with Crippen LogP contribution in [0.4, 0.5) is 14.5 Å². The fourth-order valence-corrected chi connectivity index (χ4v) is 2.15. The highest BCUT2D eigenvalue weighted by Crippen LogP contribution is 2.16. The molecule has 19 heavy (non-hydrogen) atoms. The number of hydrogen-bond acceptors (Lipinski definition) is 1. The van der Waals surface area contributed by atoms with Gasteiger partial charge in [-0.3, -0.25) is 0 Å². The van der Waals surface area contributed by atoms with Crippen molar-refractivity contribution >= 4 is 5.69 Å². The molecule has 0 heterocycles. The van der Waals surface area contributed by atoms with Crippen LogP contribution in [0, 0.1) is 18.6 Å². The molecular weight excluding hydrogens is 244 g/mol. The van der Waals surface area contributed by atoms with Crippen molar-refractivity contribution in [1.29, 1.82) is 0 Å². The van der Waals surface area contributed by atoms with Crippen molar-refractivity contribution < 1.29 is 8.78 Å². The van der Waals surface area contributed by atoms with Gasteiger partial charge in [0.25, 0.3) is 0 Å². The van der Waals surface area contributed by atoms with Crippen LogP contribution in [0.2, 0.25) is 0 Å². The van der Waals surface area contributed by atoms with E-state index >= 15 is 0 Å². The monoisotopic (exact) mass is 261 g/mol. The first kappa shape index (κ1) is 13.5. The topological polar surface area (TPSA) is 12.0 Å². The average Bonchev–Trinajstić information content (AvgIpc) is 2.30. The molecule has 1 atom stereocenters. The number of benzene rings is 2. The first-order valence-electron chi connectivity index (χ1n) is 6.32. The summed E-state index contributed by atoms with van der Waals surface area (Å²) in [6, 6.07) is 11.5.